The number of benzene rings is 2. The van der Waals surface area contributed by atoms with Gasteiger partial charge in [0.15, 0.2) is 0 Å². The molecule has 0 amide bonds. The maximum atomic E-state index is 9.35. The van der Waals surface area contributed by atoms with Crippen LogP contribution in [0.25, 0.3) is 33.1 Å². The number of fused-ring (bicyclic) bond motifs is 3. The van der Waals surface area contributed by atoms with E-state index in [4.69, 9.17) is 5.10 Å². The van der Waals surface area contributed by atoms with E-state index in [9.17, 15) is 5.26 Å². The molecule has 0 aliphatic rings. The van der Waals surface area contributed by atoms with Gasteiger partial charge in [-0.2, -0.15) is 10.4 Å². The summed E-state index contributed by atoms with van der Waals surface area (Å²) in [7, 11) is 1.94. The fourth-order valence-corrected chi connectivity index (χ4v) is 3.57. The summed E-state index contributed by atoms with van der Waals surface area (Å²) in [6, 6.07) is 16.5. The molecule has 0 bridgehead atoms. The van der Waals surface area contributed by atoms with E-state index in [2.05, 4.69) is 33.0 Å². The Morgan fingerprint density at radius 1 is 1.12 bits per heavy atom. The molecule has 128 valence electrons. The second-order valence-corrected chi connectivity index (χ2v) is 7.88. The first-order chi connectivity index (χ1) is 12.4. The van der Waals surface area contributed by atoms with Gasteiger partial charge in [0.05, 0.1) is 28.7 Å². The standard InChI is InChI=1S/C21H17BrN4/c1-21(2,12-23)14-6-4-13(5-7-14)20-19-16-10-15(22)8-9-17(16)24-11-18(19)26(3)25-20/h4-11H,1-3H3. The molecule has 0 aliphatic heterocycles. The zero-order chi connectivity index (χ0) is 18.5. The smallest absolute Gasteiger partial charge is 0.101 e. The van der Waals surface area contributed by atoms with Crippen LogP contribution >= 0.6 is 15.9 Å². The van der Waals surface area contributed by atoms with Gasteiger partial charge in [0, 0.05) is 27.9 Å². The maximum absolute atomic E-state index is 9.35. The highest BCUT2D eigenvalue weighted by Gasteiger charge is 2.20. The van der Waals surface area contributed by atoms with Crippen LogP contribution in [0.2, 0.25) is 0 Å². The van der Waals surface area contributed by atoms with Gasteiger partial charge in [0.2, 0.25) is 0 Å². The summed E-state index contributed by atoms with van der Waals surface area (Å²) >= 11 is 3.56. The summed E-state index contributed by atoms with van der Waals surface area (Å²) in [6.07, 6.45) is 1.87. The number of hydrogen-bond acceptors (Lipinski definition) is 3. The van der Waals surface area contributed by atoms with E-state index < -0.39 is 5.41 Å². The summed E-state index contributed by atoms with van der Waals surface area (Å²) in [5.74, 6) is 0. The average molecular weight is 405 g/mol. The van der Waals surface area contributed by atoms with Gasteiger partial charge in [0.1, 0.15) is 5.69 Å². The normalized spacial score (nSPS) is 11.8. The lowest BCUT2D eigenvalue weighted by atomic mass is 9.86. The van der Waals surface area contributed by atoms with Crippen LogP contribution in [0.15, 0.2) is 53.1 Å². The molecule has 4 aromatic rings. The molecule has 2 aromatic heterocycles. The van der Waals surface area contributed by atoms with E-state index in [0.717, 1.165) is 43.1 Å². The van der Waals surface area contributed by atoms with Gasteiger partial charge in [-0.15, -0.1) is 0 Å². The second kappa shape index (κ2) is 5.93. The predicted octanol–water partition coefficient (Wildman–Crippen LogP) is 5.35. The third-order valence-corrected chi connectivity index (χ3v) is 5.30. The minimum atomic E-state index is -0.508. The fraction of sp³-hybridized carbons (Fsp3) is 0.190. The van der Waals surface area contributed by atoms with Gasteiger partial charge in [-0.1, -0.05) is 40.2 Å². The molecule has 26 heavy (non-hydrogen) atoms. The molecule has 0 spiro atoms. The highest BCUT2D eigenvalue weighted by atomic mass is 79.9. The summed E-state index contributed by atoms with van der Waals surface area (Å²) in [4.78, 5) is 4.56. The van der Waals surface area contributed by atoms with Crippen LogP contribution in [0, 0.1) is 11.3 Å². The molecule has 4 rings (SSSR count). The largest absolute Gasteiger partial charge is 0.266 e. The average Bonchev–Trinajstić information content (AvgIpc) is 2.99. The predicted molar refractivity (Wildman–Crippen MR) is 108 cm³/mol. The van der Waals surface area contributed by atoms with Crippen LogP contribution in [0.5, 0.6) is 0 Å². The third-order valence-electron chi connectivity index (χ3n) is 4.80. The van der Waals surface area contributed by atoms with Crippen LogP contribution in [-0.2, 0) is 12.5 Å². The number of nitrogens with zero attached hydrogens (tertiary/aromatic N) is 4. The molecule has 0 N–H and O–H groups in total. The van der Waals surface area contributed by atoms with Crippen molar-refractivity contribution in [2.45, 2.75) is 19.3 Å². The van der Waals surface area contributed by atoms with Crippen molar-refractivity contribution in [2.75, 3.05) is 0 Å². The molecular weight excluding hydrogens is 388 g/mol. The van der Waals surface area contributed by atoms with E-state index in [0.29, 0.717) is 0 Å². The van der Waals surface area contributed by atoms with E-state index in [-0.39, 0.29) is 0 Å². The van der Waals surface area contributed by atoms with Gasteiger partial charge < -0.3 is 0 Å². The number of aryl methyl sites for hydroxylation is 1. The van der Waals surface area contributed by atoms with Crippen molar-refractivity contribution in [2.24, 2.45) is 7.05 Å². The summed E-state index contributed by atoms with van der Waals surface area (Å²) in [5, 5.41) is 16.3. The number of halogens is 1. The van der Waals surface area contributed by atoms with Crippen molar-refractivity contribution < 1.29 is 0 Å². The SMILES string of the molecule is Cn1nc(-c2ccc(C(C)(C)C#N)cc2)c2c3cc(Br)ccc3ncc21. The molecule has 0 unspecified atom stereocenters. The number of nitriles is 1. The second-order valence-electron chi connectivity index (χ2n) is 6.97. The summed E-state index contributed by atoms with van der Waals surface area (Å²) in [6.45, 7) is 3.85. The lowest BCUT2D eigenvalue weighted by Gasteiger charge is -2.15. The Morgan fingerprint density at radius 2 is 1.85 bits per heavy atom. The van der Waals surface area contributed by atoms with Crippen LogP contribution in [-0.4, -0.2) is 14.8 Å². The number of pyridine rings is 1. The minimum Gasteiger partial charge on any atom is -0.266 e. The first-order valence-electron chi connectivity index (χ1n) is 8.34. The molecular formula is C21H17BrN4. The molecule has 0 saturated carbocycles. The van der Waals surface area contributed by atoms with Crippen molar-refractivity contribution in [1.82, 2.24) is 14.8 Å². The van der Waals surface area contributed by atoms with E-state index in [1.807, 2.05) is 68.2 Å². The highest BCUT2D eigenvalue weighted by molar-refractivity contribution is 9.10. The van der Waals surface area contributed by atoms with Crippen LogP contribution in [0.3, 0.4) is 0 Å². The van der Waals surface area contributed by atoms with Crippen molar-refractivity contribution in [3.8, 4) is 17.3 Å². The molecule has 0 fully saturated rings. The van der Waals surface area contributed by atoms with Gasteiger partial charge in [-0.25, -0.2) is 0 Å². The quantitative estimate of drug-likeness (QED) is 0.452. The Labute approximate surface area is 160 Å². The first kappa shape index (κ1) is 16.7. The summed E-state index contributed by atoms with van der Waals surface area (Å²) in [5.41, 5.74) is 4.38. The zero-order valence-corrected chi connectivity index (χ0v) is 16.4. The van der Waals surface area contributed by atoms with Crippen molar-refractivity contribution >= 4 is 37.7 Å². The Hall–Kier alpha value is -2.71. The molecule has 2 aromatic carbocycles. The molecule has 2 heterocycles. The Balaban J connectivity index is 1.97. The maximum Gasteiger partial charge on any atom is 0.101 e. The molecule has 4 nitrogen and oxygen atoms in total. The van der Waals surface area contributed by atoms with Gasteiger partial charge >= 0.3 is 0 Å². The van der Waals surface area contributed by atoms with Gasteiger partial charge in [-0.05, 0) is 37.6 Å². The Bertz CT molecular complexity index is 1180. The van der Waals surface area contributed by atoms with Crippen LogP contribution in [0.1, 0.15) is 19.4 Å². The molecule has 5 heteroatoms. The monoisotopic (exact) mass is 404 g/mol. The third kappa shape index (κ3) is 2.58. The van der Waals surface area contributed by atoms with E-state index >= 15 is 0 Å². The molecule has 0 aliphatic carbocycles. The van der Waals surface area contributed by atoms with Gasteiger partial charge in [-0.3, -0.25) is 9.67 Å². The van der Waals surface area contributed by atoms with Gasteiger partial charge in [0.25, 0.3) is 0 Å². The number of aromatic nitrogens is 3. The van der Waals surface area contributed by atoms with Crippen LogP contribution < -0.4 is 0 Å². The van der Waals surface area contributed by atoms with Crippen molar-refractivity contribution in [3.05, 3.63) is 58.7 Å². The van der Waals surface area contributed by atoms with Crippen LogP contribution in [0.4, 0.5) is 0 Å². The first-order valence-corrected chi connectivity index (χ1v) is 9.13. The fourth-order valence-electron chi connectivity index (χ4n) is 3.21. The Morgan fingerprint density at radius 3 is 2.54 bits per heavy atom. The number of hydrogen-bond donors (Lipinski definition) is 0. The lowest BCUT2D eigenvalue weighted by molar-refractivity contribution is 0.687. The van der Waals surface area contributed by atoms with E-state index in [1.165, 1.54) is 0 Å². The molecule has 0 radical (unpaired) electrons. The lowest BCUT2D eigenvalue weighted by Crippen LogP contribution is -2.13. The Kier molecular flexibility index (Phi) is 3.82. The zero-order valence-electron chi connectivity index (χ0n) is 14.8. The van der Waals surface area contributed by atoms with Crippen molar-refractivity contribution in [1.29, 1.82) is 5.26 Å². The minimum absolute atomic E-state index is 0.508. The highest BCUT2D eigenvalue weighted by Crippen LogP contribution is 2.34. The van der Waals surface area contributed by atoms with Crippen molar-refractivity contribution in [3.63, 3.8) is 0 Å². The number of rotatable bonds is 2. The summed E-state index contributed by atoms with van der Waals surface area (Å²) < 4.78 is 2.88. The molecule has 0 atom stereocenters. The molecule has 0 saturated heterocycles. The van der Waals surface area contributed by atoms with E-state index in [1.54, 1.807) is 0 Å². The topological polar surface area (TPSA) is 54.5 Å².